The molecule has 4 rings (SSSR count). The second-order valence-electron chi connectivity index (χ2n) is 7.08. The van der Waals surface area contributed by atoms with Gasteiger partial charge in [0.15, 0.2) is 0 Å². The molecule has 1 aliphatic rings. The number of rotatable bonds is 7. The highest BCUT2D eigenvalue weighted by atomic mass is 32.2. The summed E-state index contributed by atoms with van der Waals surface area (Å²) in [5, 5.41) is 9.86. The molecule has 0 amide bonds. The lowest BCUT2D eigenvalue weighted by Gasteiger charge is -2.09. The minimum absolute atomic E-state index is 0.0463. The Morgan fingerprint density at radius 3 is 2.50 bits per heavy atom. The Morgan fingerprint density at radius 2 is 1.89 bits per heavy atom. The van der Waals surface area contributed by atoms with Crippen molar-refractivity contribution in [2.75, 3.05) is 7.11 Å². The molecule has 28 heavy (non-hydrogen) atoms. The molecule has 1 heterocycles. The Hall–Kier alpha value is -2.80. The molecule has 0 saturated heterocycles. The molecule has 0 radical (unpaired) electrons. The molecule has 0 unspecified atom stereocenters. The number of aliphatic carboxylic acids is 1. The van der Waals surface area contributed by atoms with Gasteiger partial charge in [-0.15, -0.1) is 0 Å². The Labute approximate surface area is 163 Å². The van der Waals surface area contributed by atoms with Gasteiger partial charge in [-0.2, -0.15) is 0 Å². The van der Waals surface area contributed by atoms with Crippen LogP contribution in [0.3, 0.4) is 0 Å². The van der Waals surface area contributed by atoms with Gasteiger partial charge in [-0.05, 0) is 72.7 Å². The van der Waals surface area contributed by atoms with Crippen LogP contribution in [0, 0.1) is 0 Å². The predicted molar refractivity (Wildman–Crippen MR) is 105 cm³/mol. The van der Waals surface area contributed by atoms with Crippen molar-refractivity contribution >= 4 is 26.9 Å². The fraction of sp³-hybridized carbons (Fsp3) is 0.286. The van der Waals surface area contributed by atoms with Gasteiger partial charge in [-0.1, -0.05) is 6.07 Å². The molecule has 1 N–H and O–H groups in total. The molecule has 2 aromatic carbocycles. The van der Waals surface area contributed by atoms with Crippen molar-refractivity contribution < 1.29 is 23.1 Å². The van der Waals surface area contributed by atoms with Gasteiger partial charge >= 0.3 is 5.97 Å². The summed E-state index contributed by atoms with van der Waals surface area (Å²) < 4.78 is 32.8. The largest absolute Gasteiger partial charge is 0.497 e. The summed E-state index contributed by atoms with van der Waals surface area (Å²) in [6, 6.07) is 12.1. The number of carboxylic acids is 1. The van der Waals surface area contributed by atoms with E-state index in [1.165, 1.54) is 28.8 Å². The Kier molecular flexibility index (Phi) is 4.63. The summed E-state index contributed by atoms with van der Waals surface area (Å²) in [5.74, 6) is 0.197. The van der Waals surface area contributed by atoms with Crippen molar-refractivity contribution in [1.82, 2.24) is 3.97 Å². The number of hydrogen-bond donors (Lipinski definition) is 1. The third-order valence-electron chi connectivity index (χ3n) is 5.15. The third-order valence-corrected chi connectivity index (χ3v) is 6.84. The van der Waals surface area contributed by atoms with Crippen molar-refractivity contribution in [3.63, 3.8) is 0 Å². The van der Waals surface area contributed by atoms with Gasteiger partial charge in [0.25, 0.3) is 10.0 Å². The lowest BCUT2D eigenvalue weighted by Crippen LogP contribution is -2.11. The van der Waals surface area contributed by atoms with Crippen LogP contribution in [-0.4, -0.2) is 30.6 Å². The first-order chi connectivity index (χ1) is 13.4. The van der Waals surface area contributed by atoms with Crippen molar-refractivity contribution in [3.05, 3.63) is 59.8 Å². The fourth-order valence-electron chi connectivity index (χ4n) is 3.46. The smallest absolute Gasteiger partial charge is 0.303 e. The van der Waals surface area contributed by atoms with E-state index in [4.69, 9.17) is 9.84 Å². The number of carboxylic acid groups (broad SMARTS) is 1. The Balaban J connectivity index is 1.83. The van der Waals surface area contributed by atoms with Gasteiger partial charge in [-0.3, -0.25) is 4.79 Å². The summed E-state index contributed by atoms with van der Waals surface area (Å²) in [6.45, 7) is 0. The maximum atomic E-state index is 13.2. The molecule has 0 spiro atoms. The molecule has 146 valence electrons. The zero-order chi connectivity index (χ0) is 19.9. The van der Waals surface area contributed by atoms with E-state index in [0.29, 0.717) is 17.2 Å². The van der Waals surface area contributed by atoms with E-state index in [2.05, 4.69) is 0 Å². The molecule has 3 aromatic rings. The monoisotopic (exact) mass is 399 g/mol. The van der Waals surface area contributed by atoms with Gasteiger partial charge in [0, 0.05) is 18.0 Å². The van der Waals surface area contributed by atoms with Crippen molar-refractivity contribution in [3.8, 4) is 5.75 Å². The zero-order valence-corrected chi connectivity index (χ0v) is 16.3. The molecule has 7 heteroatoms. The minimum Gasteiger partial charge on any atom is -0.497 e. The van der Waals surface area contributed by atoms with Gasteiger partial charge in [0.05, 0.1) is 17.5 Å². The molecular weight excluding hydrogens is 378 g/mol. The van der Waals surface area contributed by atoms with Crippen molar-refractivity contribution in [1.29, 1.82) is 0 Å². The van der Waals surface area contributed by atoms with Crippen molar-refractivity contribution in [2.45, 2.75) is 36.5 Å². The first-order valence-electron chi connectivity index (χ1n) is 9.15. The van der Waals surface area contributed by atoms with Crippen LogP contribution in [0.5, 0.6) is 5.75 Å². The zero-order valence-electron chi connectivity index (χ0n) is 15.5. The predicted octanol–water partition coefficient (Wildman–Crippen LogP) is 3.78. The summed E-state index contributed by atoms with van der Waals surface area (Å²) in [4.78, 5) is 11.2. The number of methoxy groups -OCH3 is 1. The van der Waals surface area contributed by atoms with E-state index in [1.807, 2.05) is 18.2 Å². The average Bonchev–Trinajstić information content (AvgIpc) is 3.47. The van der Waals surface area contributed by atoms with Crippen LogP contribution in [-0.2, 0) is 21.2 Å². The molecule has 1 aliphatic carbocycles. The topological polar surface area (TPSA) is 85.6 Å². The first kappa shape index (κ1) is 18.6. The van der Waals surface area contributed by atoms with Crippen LogP contribution in [0.25, 0.3) is 10.9 Å². The molecule has 1 aromatic heterocycles. The van der Waals surface area contributed by atoms with Crippen LogP contribution >= 0.6 is 0 Å². The number of fused-ring (bicyclic) bond motifs is 1. The minimum atomic E-state index is -3.81. The summed E-state index contributed by atoms with van der Waals surface area (Å²) in [5.41, 5.74) is 2.49. The van der Waals surface area contributed by atoms with E-state index >= 15 is 0 Å². The molecular formula is C21H21NO5S. The van der Waals surface area contributed by atoms with Crippen LogP contribution in [0.2, 0.25) is 0 Å². The lowest BCUT2D eigenvalue weighted by atomic mass is 10.0. The average molecular weight is 399 g/mol. The first-order valence-corrected chi connectivity index (χ1v) is 10.6. The van der Waals surface area contributed by atoms with Gasteiger partial charge in [0.1, 0.15) is 5.75 Å². The Morgan fingerprint density at radius 1 is 1.18 bits per heavy atom. The summed E-state index contributed by atoms with van der Waals surface area (Å²) in [7, 11) is -2.29. The van der Waals surface area contributed by atoms with Crippen LogP contribution in [0.15, 0.2) is 53.6 Å². The molecule has 6 nitrogen and oxygen atoms in total. The summed E-state index contributed by atoms with van der Waals surface area (Å²) in [6.07, 6.45) is 4.08. The van der Waals surface area contributed by atoms with Crippen LogP contribution in [0.1, 0.15) is 36.3 Å². The standard InChI is InChI=1S/C21H21NO5S/c1-27-17-6-8-18(9-7-17)28(25,26)22-13-16(5-11-21(23)24)19-12-15(14-2-3-14)4-10-20(19)22/h4,6-10,12-14H,2-3,5,11H2,1H3,(H,23,24). The van der Waals surface area contributed by atoms with E-state index in [1.54, 1.807) is 18.3 Å². The number of ether oxygens (including phenoxy) is 1. The second kappa shape index (κ2) is 6.98. The van der Waals surface area contributed by atoms with Crippen molar-refractivity contribution in [2.24, 2.45) is 0 Å². The molecule has 0 bridgehead atoms. The Bertz CT molecular complexity index is 1140. The third kappa shape index (κ3) is 3.38. The van der Waals surface area contributed by atoms with E-state index in [-0.39, 0.29) is 17.7 Å². The van der Waals surface area contributed by atoms with E-state index in [9.17, 15) is 13.2 Å². The maximum Gasteiger partial charge on any atom is 0.303 e. The molecule has 0 atom stereocenters. The van der Waals surface area contributed by atoms with Crippen LogP contribution < -0.4 is 4.74 Å². The fourth-order valence-corrected chi connectivity index (χ4v) is 4.85. The number of benzene rings is 2. The molecule has 1 fully saturated rings. The highest BCUT2D eigenvalue weighted by Crippen LogP contribution is 2.41. The highest BCUT2D eigenvalue weighted by molar-refractivity contribution is 7.90. The lowest BCUT2D eigenvalue weighted by molar-refractivity contribution is -0.136. The van der Waals surface area contributed by atoms with Gasteiger partial charge in [0.2, 0.25) is 0 Å². The normalized spacial score (nSPS) is 14.3. The molecule has 0 aliphatic heterocycles. The SMILES string of the molecule is COc1ccc(S(=O)(=O)n2cc(CCC(=O)O)c3cc(C4CC4)ccc32)cc1. The summed E-state index contributed by atoms with van der Waals surface area (Å²) >= 11 is 0. The van der Waals surface area contributed by atoms with Gasteiger partial charge < -0.3 is 9.84 Å². The maximum absolute atomic E-state index is 13.2. The quantitative estimate of drug-likeness (QED) is 0.653. The second-order valence-corrected chi connectivity index (χ2v) is 8.89. The van der Waals surface area contributed by atoms with Gasteiger partial charge in [-0.25, -0.2) is 12.4 Å². The number of carbonyl (C=O) groups is 1. The number of aromatic nitrogens is 1. The van der Waals surface area contributed by atoms with E-state index in [0.717, 1.165) is 23.8 Å². The highest BCUT2D eigenvalue weighted by Gasteiger charge is 2.26. The number of nitrogens with zero attached hydrogens (tertiary/aromatic N) is 1. The van der Waals surface area contributed by atoms with E-state index < -0.39 is 16.0 Å². The number of aryl methyl sites for hydroxylation is 1. The molecule has 1 saturated carbocycles. The number of hydrogen-bond acceptors (Lipinski definition) is 4. The van der Waals surface area contributed by atoms with Crippen LogP contribution in [0.4, 0.5) is 0 Å².